The average Bonchev–Trinajstić information content (AvgIpc) is 3.26. The van der Waals surface area contributed by atoms with E-state index < -0.39 is 25.5 Å². The Bertz CT molecular complexity index is 800. The van der Waals surface area contributed by atoms with Crippen molar-refractivity contribution in [3.05, 3.63) is 40.2 Å². The van der Waals surface area contributed by atoms with Gasteiger partial charge in [-0.05, 0) is 0 Å². The fourth-order valence-corrected chi connectivity index (χ4v) is 2.90. The van der Waals surface area contributed by atoms with E-state index in [0.717, 1.165) is 6.20 Å². The zero-order valence-electron chi connectivity index (χ0n) is 12.7. The zero-order chi connectivity index (χ0) is 18.0. The average molecular weight is 375 g/mol. The molecule has 0 saturated carbocycles. The highest BCUT2D eigenvalue weighted by Crippen LogP contribution is 2.30. The Morgan fingerprint density at radius 1 is 1.40 bits per heavy atom. The van der Waals surface area contributed by atoms with Crippen molar-refractivity contribution in [2.45, 2.75) is 18.9 Å². The van der Waals surface area contributed by atoms with Gasteiger partial charge in [0.15, 0.2) is 10.8 Å². The molecular formula is C14H13F4N5OS. The van der Waals surface area contributed by atoms with Crippen molar-refractivity contribution in [2.24, 2.45) is 4.99 Å². The highest BCUT2D eigenvalue weighted by atomic mass is 32.1. The van der Waals surface area contributed by atoms with Crippen LogP contribution in [-0.4, -0.2) is 44.8 Å². The molecule has 0 unspecified atom stereocenters. The summed E-state index contributed by atoms with van der Waals surface area (Å²) in [6.07, 6.45) is 3.01. The molecule has 134 valence electrons. The molecule has 11 heteroatoms. The van der Waals surface area contributed by atoms with Gasteiger partial charge in [-0.25, -0.2) is 18.4 Å². The second-order valence-electron chi connectivity index (χ2n) is 5.26. The monoisotopic (exact) mass is 375 g/mol. The number of alkyl halides is 4. The van der Waals surface area contributed by atoms with Crippen molar-refractivity contribution in [2.75, 3.05) is 13.2 Å². The number of hydrogen-bond acceptors (Lipinski definition) is 6. The summed E-state index contributed by atoms with van der Waals surface area (Å²) >= 11 is 1.28. The first-order valence-corrected chi connectivity index (χ1v) is 8.02. The van der Waals surface area contributed by atoms with E-state index in [1.165, 1.54) is 17.5 Å². The third-order valence-electron chi connectivity index (χ3n) is 3.48. The van der Waals surface area contributed by atoms with Crippen LogP contribution in [0.4, 0.5) is 17.6 Å². The highest BCUT2D eigenvalue weighted by molar-refractivity contribution is 7.11. The van der Waals surface area contributed by atoms with Crippen molar-refractivity contribution in [1.29, 1.82) is 0 Å². The Morgan fingerprint density at radius 2 is 2.20 bits per heavy atom. The molecule has 0 saturated heterocycles. The molecule has 3 heterocycles. The normalized spacial score (nSPS) is 15.5. The van der Waals surface area contributed by atoms with Gasteiger partial charge in [0, 0.05) is 34.6 Å². The van der Waals surface area contributed by atoms with Crippen molar-refractivity contribution in [1.82, 2.24) is 20.1 Å². The Kier molecular flexibility index (Phi) is 4.86. The molecule has 25 heavy (non-hydrogen) atoms. The van der Waals surface area contributed by atoms with Gasteiger partial charge in [-0.3, -0.25) is 4.99 Å². The van der Waals surface area contributed by atoms with Crippen LogP contribution in [0.5, 0.6) is 0 Å². The van der Waals surface area contributed by atoms with Crippen molar-refractivity contribution in [3.8, 4) is 0 Å². The van der Waals surface area contributed by atoms with Crippen LogP contribution in [0.15, 0.2) is 34.7 Å². The fraction of sp³-hybridized carbons (Fsp3) is 0.357. The second-order valence-corrected chi connectivity index (χ2v) is 6.16. The van der Waals surface area contributed by atoms with E-state index in [-0.39, 0.29) is 17.8 Å². The maximum absolute atomic E-state index is 13.7. The van der Waals surface area contributed by atoms with E-state index in [1.54, 1.807) is 11.6 Å². The number of aliphatic hydroxyl groups excluding tert-OH is 1. The molecule has 0 aromatic carbocycles. The molecule has 3 rings (SSSR count). The highest BCUT2D eigenvalue weighted by Gasteiger charge is 2.33. The molecule has 2 N–H and O–H groups in total. The molecule has 0 spiro atoms. The third kappa shape index (κ3) is 3.87. The summed E-state index contributed by atoms with van der Waals surface area (Å²) in [5, 5.41) is 17.4. The largest absolute Gasteiger partial charge is 0.390 e. The van der Waals surface area contributed by atoms with E-state index >= 15 is 0 Å². The molecule has 0 atom stereocenters. The number of nitrogens with zero attached hydrogens (tertiary/aromatic N) is 4. The van der Waals surface area contributed by atoms with E-state index in [9.17, 15) is 17.6 Å². The molecule has 2 aromatic heterocycles. The lowest BCUT2D eigenvalue weighted by Gasteiger charge is -2.24. The summed E-state index contributed by atoms with van der Waals surface area (Å²) in [5.74, 6) is -3.04. The molecule has 1 aliphatic rings. The number of allylic oxidation sites excluding steroid dienone is 1. The molecule has 2 aromatic rings. The molecular weight excluding hydrogens is 362 g/mol. The van der Waals surface area contributed by atoms with Gasteiger partial charge in [0.25, 0.3) is 5.92 Å². The van der Waals surface area contributed by atoms with Gasteiger partial charge in [-0.15, -0.1) is 11.3 Å². The van der Waals surface area contributed by atoms with Crippen LogP contribution < -0.4 is 5.32 Å². The van der Waals surface area contributed by atoms with Crippen LogP contribution in [0.2, 0.25) is 0 Å². The van der Waals surface area contributed by atoms with E-state index in [0.29, 0.717) is 21.1 Å². The van der Waals surface area contributed by atoms with Gasteiger partial charge in [0.05, 0.1) is 19.2 Å². The number of hydrogen-bond donors (Lipinski definition) is 2. The predicted octanol–water partition coefficient (Wildman–Crippen LogP) is 2.51. The summed E-state index contributed by atoms with van der Waals surface area (Å²) in [5.41, 5.74) is 0.673. The molecule has 6 nitrogen and oxygen atoms in total. The van der Waals surface area contributed by atoms with Gasteiger partial charge in [0.2, 0.25) is 0 Å². The van der Waals surface area contributed by atoms with E-state index in [2.05, 4.69) is 20.4 Å². The van der Waals surface area contributed by atoms with Crippen LogP contribution >= 0.6 is 11.3 Å². The first-order valence-electron chi connectivity index (χ1n) is 7.14. The van der Waals surface area contributed by atoms with Crippen LogP contribution in [-0.2, 0) is 0 Å². The van der Waals surface area contributed by atoms with Crippen LogP contribution in [0, 0.1) is 0 Å². The molecule has 0 amide bonds. The number of halogens is 4. The smallest absolute Gasteiger partial charge is 0.333 e. The van der Waals surface area contributed by atoms with Gasteiger partial charge >= 0.3 is 6.55 Å². The number of thiazole rings is 1. The Morgan fingerprint density at radius 3 is 2.80 bits per heavy atom. The third-order valence-corrected chi connectivity index (χ3v) is 4.26. The summed E-state index contributed by atoms with van der Waals surface area (Å²) in [6.45, 7) is -4.15. The van der Waals surface area contributed by atoms with Crippen LogP contribution in [0.1, 0.15) is 23.5 Å². The lowest BCUT2D eigenvalue weighted by atomic mass is 10.0. The predicted molar refractivity (Wildman–Crippen MR) is 83.7 cm³/mol. The lowest BCUT2D eigenvalue weighted by Crippen LogP contribution is -2.34. The minimum Gasteiger partial charge on any atom is -0.390 e. The second kappa shape index (κ2) is 6.92. The van der Waals surface area contributed by atoms with Crippen LogP contribution in [0.3, 0.4) is 0 Å². The molecule has 0 fully saturated rings. The minimum absolute atomic E-state index is 0.00763. The quantitative estimate of drug-likeness (QED) is 0.761. The number of aliphatic hydroxyl groups is 1. The SMILES string of the molecule is OCC(F)(F)CC1=C(c2cnn(C(F)F)c2)CN=C(c2nccs2)N1. The summed E-state index contributed by atoms with van der Waals surface area (Å²) in [4.78, 5) is 8.32. The van der Waals surface area contributed by atoms with Gasteiger partial charge in [0.1, 0.15) is 6.61 Å². The number of aliphatic imine (C=N–C) groups is 1. The van der Waals surface area contributed by atoms with Gasteiger partial charge in [-0.1, -0.05) is 0 Å². The zero-order valence-corrected chi connectivity index (χ0v) is 13.5. The van der Waals surface area contributed by atoms with E-state index in [4.69, 9.17) is 5.11 Å². The topological polar surface area (TPSA) is 75.3 Å². The van der Waals surface area contributed by atoms with Crippen molar-refractivity contribution in [3.63, 3.8) is 0 Å². The molecule has 1 aliphatic heterocycles. The maximum atomic E-state index is 13.7. The van der Waals surface area contributed by atoms with Crippen molar-refractivity contribution >= 4 is 22.7 Å². The number of nitrogens with one attached hydrogen (secondary N) is 1. The first kappa shape index (κ1) is 17.5. The Hall–Kier alpha value is -2.27. The molecule has 0 radical (unpaired) electrons. The number of aromatic nitrogens is 3. The van der Waals surface area contributed by atoms with Crippen molar-refractivity contribution < 1.29 is 22.7 Å². The standard InChI is InChI=1S/C14H13F4N5OS/c15-13(16)23-6-8(4-21-23)9-5-20-11(12-19-1-2-25-12)22-10(9)3-14(17,18)7-24/h1-2,4,6,13,24H,3,5,7H2,(H,20,22). The Balaban J connectivity index is 1.94. The molecule has 0 bridgehead atoms. The van der Waals surface area contributed by atoms with Gasteiger partial charge < -0.3 is 10.4 Å². The number of rotatable bonds is 6. The molecule has 0 aliphatic carbocycles. The van der Waals surface area contributed by atoms with E-state index in [1.807, 2.05) is 0 Å². The summed E-state index contributed by atoms with van der Waals surface area (Å²) in [6, 6.07) is 0. The minimum atomic E-state index is -3.36. The van der Waals surface area contributed by atoms with Crippen LogP contribution in [0.25, 0.3) is 5.57 Å². The summed E-state index contributed by atoms with van der Waals surface area (Å²) in [7, 11) is 0. The lowest BCUT2D eigenvalue weighted by molar-refractivity contribution is -0.0493. The Labute approximate surface area is 143 Å². The fourth-order valence-electron chi connectivity index (χ4n) is 2.30. The summed E-state index contributed by atoms with van der Waals surface area (Å²) < 4.78 is 53.3. The first-order chi connectivity index (χ1) is 11.9. The van der Waals surface area contributed by atoms with Gasteiger partial charge in [-0.2, -0.15) is 13.9 Å². The maximum Gasteiger partial charge on any atom is 0.333 e. The number of amidine groups is 1.